The summed E-state index contributed by atoms with van der Waals surface area (Å²) in [5.74, 6) is 1.01. The molecule has 0 radical (unpaired) electrons. The summed E-state index contributed by atoms with van der Waals surface area (Å²) < 4.78 is 10.5. The summed E-state index contributed by atoms with van der Waals surface area (Å²) >= 11 is 0. The fourth-order valence-corrected chi connectivity index (χ4v) is 2.16. The third kappa shape index (κ3) is 3.19. The maximum Gasteiger partial charge on any atom is 0.257 e. The number of rotatable bonds is 5. The maximum atomic E-state index is 12.7. The number of amides is 1. The van der Waals surface area contributed by atoms with Crippen LogP contribution in [-0.2, 0) is 0 Å². The molecular formula is C17H20N2O3. The highest BCUT2D eigenvalue weighted by Crippen LogP contribution is 2.27. The van der Waals surface area contributed by atoms with Crippen molar-refractivity contribution < 1.29 is 14.3 Å². The van der Waals surface area contributed by atoms with Crippen LogP contribution in [0.25, 0.3) is 0 Å². The largest absolute Gasteiger partial charge is 0.497 e. The van der Waals surface area contributed by atoms with Gasteiger partial charge in [-0.3, -0.25) is 9.78 Å². The van der Waals surface area contributed by atoms with Crippen molar-refractivity contribution in [2.75, 3.05) is 21.3 Å². The van der Waals surface area contributed by atoms with Crippen molar-refractivity contribution in [3.63, 3.8) is 0 Å². The van der Waals surface area contributed by atoms with Gasteiger partial charge in [0, 0.05) is 19.3 Å². The molecule has 1 amide bonds. The number of pyridine rings is 1. The summed E-state index contributed by atoms with van der Waals surface area (Å²) in [4.78, 5) is 18.7. The molecule has 0 bridgehead atoms. The van der Waals surface area contributed by atoms with Crippen LogP contribution in [0.5, 0.6) is 11.5 Å². The standard InChI is InChI=1S/C17H20N2O3/c1-12(15-7-5-6-10-18-15)19(2)17(20)14-9-8-13(21-3)11-16(14)22-4/h5-12H,1-4H3/t12-/m0/s1. The van der Waals surface area contributed by atoms with Crippen LogP contribution in [0.15, 0.2) is 42.6 Å². The van der Waals surface area contributed by atoms with E-state index in [0.29, 0.717) is 17.1 Å². The highest BCUT2D eigenvalue weighted by atomic mass is 16.5. The number of ether oxygens (including phenoxy) is 2. The van der Waals surface area contributed by atoms with Gasteiger partial charge >= 0.3 is 0 Å². The van der Waals surface area contributed by atoms with Gasteiger partial charge in [0.25, 0.3) is 5.91 Å². The fourth-order valence-electron chi connectivity index (χ4n) is 2.16. The second-order valence-electron chi connectivity index (χ2n) is 4.91. The molecule has 1 aromatic carbocycles. The van der Waals surface area contributed by atoms with Gasteiger partial charge in [0.2, 0.25) is 0 Å². The smallest absolute Gasteiger partial charge is 0.257 e. The van der Waals surface area contributed by atoms with Crippen molar-refractivity contribution in [2.45, 2.75) is 13.0 Å². The number of carbonyl (C=O) groups is 1. The van der Waals surface area contributed by atoms with E-state index in [9.17, 15) is 4.79 Å². The lowest BCUT2D eigenvalue weighted by Crippen LogP contribution is -2.30. The van der Waals surface area contributed by atoms with Crippen LogP contribution < -0.4 is 9.47 Å². The predicted molar refractivity (Wildman–Crippen MR) is 84.3 cm³/mol. The van der Waals surface area contributed by atoms with Gasteiger partial charge in [-0.15, -0.1) is 0 Å². The Bertz CT molecular complexity index is 644. The molecule has 0 unspecified atom stereocenters. The minimum atomic E-state index is -0.138. The number of hydrogen-bond donors (Lipinski definition) is 0. The second kappa shape index (κ2) is 6.93. The van der Waals surface area contributed by atoms with Gasteiger partial charge in [0.05, 0.1) is 31.5 Å². The zero-order valence-corrected chi connectivity index (χ0v) is 13.2. The number of hydrogen-bond acceptors (Lipinski definition) is 4. The Morgan fingerprint density at radius 3 is 2.55 bits per heavy atom. The van der Waals surface area contributed by atoms with Crippen LogP contribution >= 0.6 is 0 Å². The third-order valence-corrected chi connectivity index (χ3v) is 3.66. The Morgan fingerprint density at radius 2 is 1.95 bits per heavy atom. The zero-order chi connectivity index (χ0) is 16.1. The topological polar surface area (TPSA) is 51.7 Å². The maximum absolute atomic E-state index is 12.7. The van der Waals surface area contributed by atoms with Crippen LogP contribution in [0.4, 0.5) is 0 Å². The van der Waals surface area contributed by atoms with Gasteiger partial charge in [-0.2, -0.15) is 0 Å². The first kappa shape index (κ1) is 15.8. The molecule has 1 heterocycles. The summed E-state index contributed by atoms with van der Waals surface area (Å²) in [6.07, 6.45) is 1.72. The lowest BCUT2D eigenvalue weighted by molar-refractivity contribution is 0.0736. The molecule has 5 nitrogen and oxygen atoms in total. The van der Waals surface area contributed by atoms with Crippen LogP contribution in [0.3, 0.4) is 0 Å². The van der Waals surface area contributed by atoms with E-state index in [1.54, 1.807) is 43.5 Å². The van der Waals surface area contributed by atoms with Crippen molar-refractivity contribution in [3.05, 3.63) is 53.9 Å². The molecule has 22 heavy (non-hydrogen) atoms. The number of methoxy groups -OCH3 is 2. The number of carbonyl (C=O) groups excluding carboxylic acids is 1. The molecule has 0 N–H and O–H groups in total. The molecule has 0 aliphatic heterocycles. The molecule has 0 saturated carbocycles. The van der Waals surface area contributed by atoms with Crippen LogP contribution in [-0.4, -0.2) is 37.1 Å². The van der Waals surface area contributed by atoms with Gasteiger partial charge in [-0.05, 0) is 31.2 Å². The summed E-state index contributed by atoms with van der Waals surface area (Å²) in [7, 11) is 4.87. The minimum Gasteiger partial charge on any atom is -0.497 e. The SMILES string of the molecule is COc1ccc(C(=O)N(C)[C@@H](C)c2ccccn2)c(OC)c1. The molecule has 2 aromatic rings. The molecule has 0 spiro atoms. The molecule has 0 fully saturated rings. The second-order valence-corrected chi connectivity index (χ2v) is 4.91. The Labute approximate surface area is 130 Å². The minimum absolute atomic E-state index is 0.127. The molecule has 2 rings (SSSR count). The molecule has 116 valence electrons. The number of benzene rings is 1. The third-order valence-electron chi connectivity index (χ3n) is 3.66. The van der Waals surface area contributed by atoms with Crippen LogP contribution in [0.2, 0.25) is 0 Å². The first-order chi connectivity index (χ1) is 10.6. The molecule has 0 aliphatic rings. The van der Waals surface area contributed by atoms with E-state index in [-0.39, 0.29) is 11.9 Å². The molecule has 0 saturated heterocycles. The molecule has 5 heteroatoms. The normalized spacial score (nSPS) is 11.6. The van der Waals surface area contributed by atoms with E-state index in [1.165, 1.54) is 7.11 Å². The van der Waals surface area contributed by atoms with E-state index in [2.05, 4.69) is 4.98 Å². The number of aromatic nitrogens is 1. The monoisotopic (exact) mass is 300 g/mol. The Morgan fingerprint density at radius 1 is 1.18 bits per heavy atom. The fraction of sp³-hybridized carbons (Fsp3) is 0.294. The molecule has 0 aliphatic carbocycles. The summed E-state index contributed by atoms with van der Waals surface area (Å²) in [6.45, 7) is 1.94. The summed E-state index contributed by atoms with van der Waals surface area (Å²) in [5.41, 5.74) is 1.33. The predicted octanol–water partition coefficient (Wildman–Crippen LogP) is 2.93. The van der Waals surface area contributed by atoms with Gasteiger partial charge < -0.3 is 14.4 Å². The van der Waals surface area contributed by atoms with E-state index >= 15 is 0 Å². The van der Waals surface area contributed by atoms with Crippen molar-refractivity contribution in [3.8, 4) is 11.5 Å². The Hall–Kier alpha value is -2.56. The molecule has 1 aromatic heterocycles. The Kier molecular flexibility index (Phi) is 4.99. The zero-order valence-electron chi connectivity index (χ0n) is 13.2. The van der Waals surface area contributed by atoms with Crippen molar-refractivity contribution in [1.29, 1.82) is 0 Å². The van der Waals surface area contributed by atoms with Crippen molar-refractivity contribution in [1.82, 2.24) is 9.88 Å². The average molecular weight is 300 g/mol. The van der Waals surface area contributed by atoms with E-state index in [1.807, 2.05) is 25.1 Å². The number of nitrogens with zero attached hydrogens (tertiary/aromatic N) is 2. The van der Waals surface area contributed by atoms with Gasteiger partial charge in [0.1, 0.15) is 11.5 Å². The first-order valence-corrected chi connectivity index (χ1v) is 6.98. The van der Waals surface area contributed by atoms with Crippen molar-refractivity contribution in [2.24, 2.45) is 0 Å². The summed E-state index contributed by atoms with van der Waals surface area (Å²) in [6, 6.07) is 10.7. The van der Waals surface area contributed by atoms with Gasteiger partial charge in [-0.1, -0.05) is 6.07 Å². The lowest BCUT2D eigenvalue weighted by Gasteiger charge is -2.25. The highest BCUT2D eigenvalue weighted by molar-refractivity contribution is 5.97. The molecular weight excluding hydrogens is 280 g/mol. The first-order valence-electron chi connectivity index (χ1n) is 6.98. The van der Waals surface area contributed by atoms with Crippen LogP contribution in [0.1, 0.15) is 29.0 Å². The van der Waals surface area contributed by atoms with Gasteiger partial charge in [0.15, 0.2) is 0 Å². The highest BCUT2D eigenvalue weighted by Gasteiger charge is 2.22. The van der Waals surface area contributed by atoms with E-state index < -0.39 is 0 Å². The lowest BCUT2D eigenvalue weighted by atomic mass is 10.1. The van der Waals surface area contributed by atoms with E-state index in [0.717, 1.165) is 5.69 Å². The van der Waals surface area contributed by atoms with Crippen molar-refractivity contribution >= 4 is 5.91 Å². The quantitative estimate of drug-likeness (QED) is 0.852. The molecule has 1 atom stereocenters. The van der Waals surface area contributed by atoms with E-state index in [4.69, 9.17) is 9.47 Å². The van der Waals surface area contributed by atoms with Crippen LogP contribution in [0, 0.1) is 0 Å². The average Bonchev–Trinajstić information content (AvgIpc) is 2.59. The summed E-state index contributed by atoms with van der Waals surface area (Å²) in [5, 5.41) is 0. The Balaban J connectivity index is 2.27. The van der Waals surface area contributed by atoms with Gasteiger partial charge in [-0.25, -0.2) is 0 Å².